The van der Waals surface area contributed by atoms with Gasteiger partial charge in [-0.1, -0.05) is 33.4 Å². The van der Waals surface area contributed by atoms with Gasteiger partial charge in [0.25, 0.3) is 0 Å². The number of benzene rings is 3. The molecule has 0 N–H and O–H groups in total. The van der Waals surface area contributed by atoms with Gasteiger partial charge in [0, 0.05) is 0 Å². The van der Waals surface area contributed by atoms with E-state index in [-0.39, 0.29) is 40.6 Å². The van der Waals surface area contributed by atoms with Gasteiger partial charge in [-0.15, -0.1) is 18.2 Å². The summed E-state index contributed by atoms with van der Waals surface area (Å²) >= 11 is 0. The van der Waals surface area contributed by atoms with E-state index in [2.05, 4.69) is 0 Å². The summed E-state index contributed by atoms with van der Waals surface area (Å²) < 4.78 is 215. The average Bonchev–Trinajstić information content (AvgIpc) is 2.82. The molecular formula is C24H9AuF18. The maximum absolute atomic E-state index is 12.0. The standard InChI is InChI=1S/3C8H3F6.Au/c3*9-7(10,11)5-2-1-3-6(4-5)8(12,13)14;/h3*2-4H;/q3*-1;+3. The van der Waals surface area contributed by atoms with E-state index < -0.39 is 70.4 Å². The zero-order chi connectivity index (χ0) is 32.9. The first-order valence-corrected chi connectivity index (χ1v) is 10.1. The number of alkyl halides is 18. The molecule has 0 aliphatic rings. The fourth-order valence-electron chi connectivity index (χ4n) is 2.40. The molecule has 0 aliphatic carbocycles. The van der Waals surface area contributed by atoms with Crippen molar-refractivity contribution in [2.45, 2.75) is 37.1 Å². The van der Waals surface area contributed by atoms with Gasteiger partial charge >= 0.3 is 59.4 Å². The molecule has 0 aliphatic heterocycles. The van der Waals surface area contributed by atoms with Gasteiger partial charge in [0.2, 0.25) is 0 Å². The molecule has 0 fully saturated rings. The van der Waals surface area contributed by atoms with Gasteiger partial charge in [0.05, 0.1) is 0 Å². The fourth-order valence-corrected chi connectivity index (χ4v) is 2.40. The van der Waals surface area contributed by atoms with Crippen LogP contribution in [-0.4, -0.2) is 0 Å². The van der Waals surface area contributed by atoms with Crippen molar-refractivity contribution in [1.29, 1.82) is 0 Å². The van der Waals surface area contributed by atoms with E-state index in [1.807, 2.05) is 0 Å². The van der Waals surface area contributed by atoms with E-state index in [1.54, 1.807) is 18.2 Å². The summed E-state index contributed by atoms with van der Waals surface area (Å²) in [5, 5.41) is 0. The molecule has 0 aromatic heterocycles. The Bertz CT molecular complexity index is 1040. The molecule has 0 heterocycles. The largest absolute Gasteiger partial charge is 3.00 e. The molecule has 3 aromatic carbocycles. The first-order chi connectivity index (χ1) is 18.6. The van der Waals surface area contributed by atoms with Gasteiger partial charge in [-0.25, -0.2) is 0 Å². The van der Waals surface area contributed by atoms with Crippen molar-refractivity contribution in [3.63, 3.8) is 0 Å². The van der Waals surface area contributed by atoms with Gasteiger partial charge < -0.3 is 0 Å². The van der Waals surface area contributed by atoms with Gasteiger partial charge in [-0.05, 0) is 0 Å². The first-order valence-electron chi connectivity index (χ1n) is 10.1. The first kappa shape index (κ1) is 40.1. The zero-order valence-electron chi connectivity index (χ0n) is 19.8. The van der Waals surface area contributed by atoms with E-state index >= 15 is 0 Å². The second-order valence-electron chi connectivity index (χ2n) is 7.52. The van der Waals surface area contributed by atoms with Gasteiger partial charge in [0.15, 0.2) is 0 Å². The quantitative estimate of drug-likeness (QED) is 0.120. The van der Waals surface area contributed by atoms with E-state index in [1.165, 1.54) is 0 Å². The monoisotopic (exact) mass is 836 g/mol. The molecule has 0 amide bonds. The van der Waals surface area contributed by atoms with Crippen LogP contribution in [0.5, 0.6) is 0 Å². The van der Waals surface area contributed by atoms with Crippen LogP contribution >= 0.6 is 0 Å². The Kier molecular flexibility index (Phi) is 13.3. The molecule has 0 atom stereocenters. The Morgan fingerprint density at radius 2 is 0.395 bits per heavy atom. The molecule has 0 bridgehead atoms. The molecule has 0 nitrogen and oxygen atoms in total. The molecule has 0 saturated heterocycles. The molecule has 0 radical (unpaired) electrons. The maximum Gasteiger partial charge on any atom is 3.00 e. The normalized spacial score (nSPS) is 12.7. The second-order valence-corrected chi connectivity index (χ2v) is 7.52. The van der Waals surface area contributed by atoms with Gasteiger partial charge in [-0.2, -0.15) is 134 Å². The van der Waals surface area contributed by atoms with Crippen LogP contribution in [0.25, 0.3) is 0 Å². The Labute approximate surface area is 244 Å². The van der Waals surface area contributed by atoms with E-state index in [0.717, 1.165) is 0 Å². The Balaban J connectivity index is 0.000000608. The van der Waals surface area contributed by atoms with E-state index in [9.17, 15) is 79.0 Å². The van der Waals surface area contributed by atoms with Crippen LogP contribution in [0.4, 0.5) is 79.0 Å². The minimum Gasteiger partial charge on any atom is -0.183 e. The van der Waals surface area contributed by atoms with Crippen LogP contribution in [0.2, 0.25) is 0 Å². The van der Waals surface area contributed by atoms with E-state index in [4.69, 9.17) is 0 Å². The second kappa shape index (κ2) is 14.3. The molecule has 0 spiro atoms. The smallest absolute Gasteiger partial charge is 0.183 e. The van der Waals surface area contributed by atoms with Crippen LogP contribution in [0, 0.1) is 18.2 Å². The molecule has 3 rings (SSSR count). The number of hydrogen-bond donors (Lipinski definition) is 0. The third-order valence-electron chi connectivity index (χ3n) is 4.33. The van der Waals surface area contributed by atoms with Crippen molar-refractivity contribution in [1.82, 2.24) is 0 Å². The molecule has 0 saturated carbocycles. The Morgan fingerprint density at radius 1 is 0.279 bits per heavy atom. The molecule has 0 unspecified atom stereocenters. The summed E-state index contributed by atoms with van der Waals surface area (Å²) in [5.41, 5.74) is -8.13. The fraction of sp³-hybridized carbons (Fsp3) is 0.250. The molecule has 43 heavy (non-hydrogen) atoms. The van der Waals surface area contributed by atoms with Crippen LogP contribution in [-0.2, 0) is 59.4 Å². The minimum absolute atomic E-state index is 0. The predicted octanol–water partition coefficient (Wildman–Crippen LogP) is 10.6. The summed E-state index contributed by atoms with van der Waals surface area (Å²) in [6.07, 6.45) is -28.7. The van der Waals surface area contributed by atoms with Crippen molar-refractivity contribution in [3.8, 4) is 0 Å². The zero-order valence-corrected chi connectivity index (χ0v) is 22.0. The summed E-state index contributed by atoms with van der Waals surface area (Å²) in [6, 6.07) is 8.37. The molecule has 3 aromatic rings. The maximum atomic E-state index is 12.0. The Hall–Kier alpha value is -2.86. The third-order valence-corrected chi connectivity index (χ3v) is 4.33. The predicted molar refractivity (Wildman–Crippen MR) is 106 cm³/mol. The average molecular weight is 836 g/mol. The SMILES string of the molecule is FC(F)(F)c1c[c-]cc(C(F)(F)F)c1.FC(F)(F)c1c[c-]cc(C(F)(F)F)c1.FC(F)(F)c1c[c-]cc(C(F)(F)F)c1.[Au+3]. The van der Waals surface area contributed by atoms with Crippen LogP contribution in [0.15, 0.2) is 54.6 Å². The van der Waals surface area contributed by atoms with Crippen molar-refractivity contribution in [2.75, 3.05) is 0 Å². The van der Waals surface area contributed by atoms with Crippen LogP contribution in [0.3, 0.4) is 0 Å². The van der Waals surface area contributed by atoms with Crippen molar-refractivity contribution in [2.24, 2.45) is 0 Å². The van der Waals surface area contributed by atoms with Crippen molar-refractivity contribution >= 4 is 0 Å². The van der Waals surface area contributed by atoms with Gasteiger partial charge in [-0.3, -0.25) is 0 Å². The van der Waals surface area contributed by atoms with Crippen molar-refractivity contribution in [3.05, 3.63) is 106 Å². The molecule has 19 heteroatoms. The van der Waals surface area contributed by atoms with Crippen molar-refractivity contribution < 1.29 is 101 Å². The third kappa shape index (κ3) is 13.5. The summed E-state index contributed by atoms with van der Waals surface area (Å²) in [5.74, 6) is 0. The molecule has 242 valence electrons. The molecular weight excluding hydrogens is 827 g/mol. The minimum atomic E-state index is -4.78. The number of rotatable bonds is 0. The number of hydrogen-bond acceptors (Lipinski definition) is 0. The summed E-state index contributed by atoms with van der Waals surface area (Å²) in [6.45, 7) is 0. The summed E-state index contributed by atoms with van der Waals surface area (Å²) in [7, 11) is 0. The number of halogens is 18. The van der Waals surface area contributed by atoms with E-state index in [0.29, 0.717) is 36.4 Å². The van der Waals surface area contributed by atoms with Crippen LogP contribution < -0.4 is 0 Å². The topological polar surface area (TPSA) is 0 Å². The van der Waals surface area contributed by atoms with Gasteiger partial charge in [0.1, 0.15) is 0 Å². The summed E-state index contributed by atoms with van der Waals surface area (Å²) in [4.78, 5) is 0. The van der Waals surface area contributed by atoms with Crippen LogP contribution in [0.1, 0.15) is 33.4 Å². The Morgan fingerprint density at radius 3 is 0.488 bits per heavy atom.